The van der Waals surface area contributed by atoms with Gasteiger partial charge in [0.15, 0.2) is 11.5 Å². The predicted molar refractivity (Wildman–Crippen MR) is 60.0 cm³/mol. The summed E-state index contributed by atoms with van der Waals surface area (Å²) in [6, 6.07) is 1.43. The Labute approximate surface area is 98.4 Å². The van der Waals surface area contributed by atoms with Gasteiger partial charge in [0.1, 0.15) is 11.8 Å². The summed E-state index contributed by atoms with van der Waals surface area (Å²) in [6.45, 7) is 0. The van der Waals surface area contributed by atoms with Crippen LogP contribution in [0.1, 0.15) is 12.0 Å². The van der Waals surface area contributed by atoms with E-state index in [9.17, 15) is 8.78 Å². The average molecular weight is 252 g/mol. The van der Waals surface area contributed by atoms with Crippen LogP contribution in [-0.2, 0) is 0 Å². The predicted octanol–water partition coefficient (Wildman–Crippen LogP) is 3.02. The van der Waals surface area contributed by atoms with Gasteiger partial charge in [-0.05, 0) is 6.07 Å². The van der Waals surface area contributed by atoms with Crippen molar-refractivity contribution in [2.75, 3.05) is 0 Å². The summed E-state index contributed by atoms with van der Waals surface area (Å²) >= 11 is 1.22. The fourth-order valence-electron chi connectivity index (χ4n) is 1.47. The van der Waals surface area contributed by atoms with Crippen molar-refractivity contribution in [3.8, 4) is 10.7 Å². The first-order valence-electron chi connectivity index (χ1n) is 4.77. The molecule has 4 nitrogen and oxygen atoms in total. The summed E-state index contributed by atoms with van der Waals surface area (Å²) in [5.41, 5.74) is 1.23. The van der Waals surface area contributed by atoms with Crippen molar-refractivity contribution in [3.63, 3.8) is 0 Å². The Kier molecular flexibility index (Phi) is 2.32. The first-order chi connectivity index (χ1) is 8.24. The number of aromatic nitrogens is 4. The SMILES string of the molecule is FC(F)c1csc(-c2nc3ncncc3[nH]2)c1. The molecule has 0 bridgehead atoms. The van der Waals surface area contributed by atoms with Gasteiger partial charge in [0.05, 0.1) is 11.1 Å². The third-order valence-corrected chi connectivity index (χ3v) is 3.22. The van der Waals surface area contributed by atoms with E-state index in [1.807, 2.05) is 0 Å². The van der Waals surface area contributed by atoms with Gasteiger partial charge in [-0.3, -0.25) is 0 Å². The van der Waals surface area contributed by atoms with E-state index in [-0.39, 0.29) is 5.56 Å². The maximum atomic E-state index is 12.5. The summed E-state index contributed by atoms with van der Waals surface area (Å²) in [6.07, 6.45) is 0.538. The van der Waals surface area contributed by atoms with E-state index in [0.717, 1.165) is 0 Å². The van der Waals surface area contributed by atoms with E-state index in [0.29, 0.717) is 21.9 Å². The van der Waals surface area contributed by atoms with Crippen LogP contribution in [-0.4, -0.2) is 19.9 Å². The molecule has 0 aliphatic rings. The molecule has 0 amide bonds. The number of nitrogens with one attached hydrogen (secondary N) is 1. The minimum absolute atomic E-state index is 0.0107. The summed E-state index contributed by atoms with van der Waals surface area (Å²) in [7, 11) is 0. The number of imidazole rings is 1. The second kappa shape index (κ2) is 3.85. The molecule has 0 unspecified atom stereocenters. The molecule has 1 N–H and O–H groups in total. The van der Waals surface area contributed by atoms with Crippen LogP contribution in [0.2, 0.25) is 0 Å². The Morgan fingerprint density at radius 1 is 1.35 bits per heavy atom. The molecule has 17 heavy (non-hydrogen) atoms. The molecule has 0 saturated heterocycles. The lowest BCUT2D eigenvalue weighted by Gasteiger charge is -1.90. The lowest BCUT2D eigenvalue weighted by Crippen LogP contribution is -1.78. The zero-order valence-electron chi connectivity index (χ0n) is 8.39. The van der Waals surface area contributed by atoms with Gasteiger partial charge in [-0.25, -0.2) is 23.7 Å². The van der Waals surface area contributed by atoms with Gasteiger partial charge >= 0.3 is 0 Å². The fraction of sp³-hybridized carbons (Fsp3) is 0.100. The van der Waals surface area contributed by atoms with Crippen molar-refractivity contribution in [1.82, 2.24) is 19.9 Å². The van der Waals surface area contributed by atoms with Gasteiger partial charge in [0.25, 0.3) is 6.43 Å². The normalized spacial score (nSPS) is 11.5. The minimum atomic E-state index is -2.45. The van der Waals surface area contributed by atoms with Crippen molar-refractivity contribution in [2.45, 2.75) is 6.43 Å². The molecule has 3 aromatic heterocycles. The van der Waals surface area contributed by atoms with E-state index in [1.165, 1.54) is 29.1 Å². The average Bonchev–Trinajstić information content (AvgIpc) is 2.95. The molecule has 0 aliphatic heterocycles. The van der Waals surface area contributed by atoms with Crippen LogP contribution in [0.3, 0.4) is 0 Å². The third kappa shape index (κ3) is 1.78. The highest BCUT2D eigenvalue weighted by atomic mass is 32.1. The van der Waals surface area contributed by atoms with E-state index in [1.54, 1.807) is 6.20 Å². The highest BCUT2D eigenvalue weighted by Gasteiger charge is 2.13. The summed E-state index contributed by atoms with van der Waals surface area (Å²) < 4.78 is 24.9. The van der Waals surface area contributed by atoms with Crippen molar-refractivity contribution < 1.29 is 8.78 Å². The second-order valence-corrected chi connectivity index (χ2v) is 4.30. The number of hydrogen-bond donors (Lipinski definition) is 1. The van der Waals surface area contributed by atoms with Crippen LogP contribution in [0.5, 0.6) is 0 Å². The maximum Gasteiger partial charge on any atom is 0.264 e. The number of aromatic amines is 1. The van der Waals surface area contributed by atoms with Gasteiger partial charge < -0.3 is 4.98 Å². The molecule has 3 rings (SSSR count). The molecule has 3 heterocycles. The quantitative estimate of drug-likeness (QED) is 0.762. The number of fused-ring (bicyclic) bond motifs is 1. The lowest BCUT2D eigenvalue weighted by atomic mass is 10.3. The van der Waals surface area contributed by atoms with E-state index >= 15 is 0 Å². The van der Waals surface area contributed by atoms with Crippen LogP contribution < -0.4 is 0 Å². The van der Waals surface area contributed by atoms with Crippen molar-refractivity contribution in [3.05, 3.63) is 29.5 Å². The molecule has 0 atom stereocenters. The minimum Gasteiger partial charge on any atom is -0.335 e. The molecule has 0 aliphatic carbocycles. The molecular formula is C10H6F2N4S. The van der Waals surface area contributed by atoms with Crippen LogP contribution in [0.15, 0.2) is 24.0 Å². The Morgan fingerprint density at radius 3 is 2.94 bits per heavy atom. The highest BCUT2D eigenvalue weighted by Crippen LogP contribution is 2.30. The van der Waals surface area contributed by atoms with Crippen molar-refractivity contribution >= 4 is 22.5 Å². The van der Waals surface area contributed by atoms with Gasteiger partial charge in [-0.1, -0.05) is 0 Å². The highest BCUT2D eigenvalue weighted by molar-refractivity contribution is 7.13. The van der Waals surface area contributed by atoms with Gasteiger partial charge in [0.2, 0.25) is 0 Å². The molecule has 3 aromatic rings. The largest absolute Gasteiger partial charge is 0.335 e. The van der Waals surface area contributed by atoms with Crippen LogP contribution in [0.4, 0.5) is 8.78 Å². The molecular weight excluding hydrogens is 246 g/mol. The van der Waals surface area contributed by atoms with Crippen molar-refractivity contribution in [2.24, 2.45) is 0 Å². The van der Waals surface area contributed by atoms with Gasteiger partial charge in [0, 0.05) is 10.9 Å². The first kappa shape index (κ1) is 10.3. The zero-order chi connectivity index (χ0) is 11.8. The number of alkyl halides is 2. The first-order valence-corrected chi connectivity index (χ1v) is 5.64. The number of rotatable bonds is 2. The standard InChI is InChI=1S/C10H6F2N4S/c11-8(12)5-1-7(17-3-5)10-15-6-2-13-4-14-9(6)16-10/h1-4,8H,(H,13,14,15,16). The molecule has 0 spiro atoms. The molecule has 0 saturated carbocycles. The van der Waals surface area contributed by atoms with Crippen LogP contribution in [0, 0.1) is 0 Å². The van der Waals surface area contributed by atoms with E-state index in [2.05, 4.69) is 19.9 Å². The molecule has 0 aromatic carbocycles. The summed E-state index contributed by atoms with van der Waals surface area (Å²) in [5.74, 6) is 0.539. The number of hydrogen-bond acceptors (Lipinski definition) is 4. The fourth-order valence-corrected chi connectivity index (χ4v) is 2.31. The Morgan fingerprint density at radius 2 is 2.24 bits per heavy atom. The monoisotopic (exact) mass is 252 g/mol. The van der Waals surface area contributed by atoms with E-state index < -0.39 is 6.43 Å². The summed E-state index contributed by atoms with van der Waals surface area (Å²) in [5, 5.41) is 1.43. The van der Waals surface area contributed by atoms with Gasteiger partial charge in [-0.15, -0.1) is 11.3 Å². The van der Waals surface area contributed by atoms with E-state index in [4.69, 9.17) is 0 Å². The van der Waals surface area contributed by atoms with Gasteiger partial charge in [-0.2, -0.15) is 0 Å². The van der Waals surface area contributed by atoms with Crippen molar-refractivity contribution in [1.29, 1.82) is 0 Å². The summed E-state index contributed by atoms with van der Waals surface area (Å²) in [4.78, 5) is 15.7. The number of nitrogens with zero attached hydrogens (tertiary/aromatic N) is 3. The third-order valence-electron chi connectivity index (χ3n) is 2.27. The van der Waals surface area contributed by atoms with Crippen LogP contribution >= 0.6 is 11.3 Å². The Bertz CT molecular complexity index is 628. The molecule has 7 heteroatoms. The zero-order valence-corrected chi connectivity index (χ0v) is 9.21. The van der Waals surface area contributed by atoms with Crippen LogP contribution in [0.25, 0.3) is 21.9 Å². The second-order valence-electron chi connectivity index (χ2n) is 3.39. The molecule has 0 fully saturated rings. The smallest absolute Gasteiger partial charge is 0.264 e. The number of halogens is 2. The topological polar surface area (TPSA) is 54.5 Å². The number of H-pyrrole nitrogens is 1. The molecule has 86 valence electrons. The number of thiophene rings is 1. The maximum absolute atomic E-state index is 12.5. The Hall–Kier alpha value is -1.89. The Balaban J connectivity index is 2.07. The lowest BCUT2D eigenvalue weighted by molar-refractivity contribution is 0.152. The molecule has 0 radical (unpaired) electrons.